The van der Waals surface area contributed by atoms with Crippen LogP contribution in [0.4, 0.5) is 22.7 Å². The van der Waals surface area contributed by atoms with Crippen molar-refractivity contribution >= 4 is 32.2 Å². The second-order valence-electron chi connectivity index (χ2n) is 9.08. The second-order valence-corrected chi connectivity index (χ2v) is 12.2. The molecule has 37 heavy (non-hydrogen) atoms. The summed E-state index contributed by atoms with van der Waals surface area (Å²) in [6.45, 7) is 4.80. The first-order chi connectivity index (χ1) is 17.2. The van der Waals surface area contributed by atoms with Crippen LogP contribution in [0, 0.1) is 11.7 Å². The third kappa shape index (κ3) is 6.13. The van der Waals surface area contributed by atoms with Crippen LogP contribution in [0.25, 0.3) is 0 Å². The number of hydrogen-bond donors (Lipinski definition) is 1. The maximum absolute atomic E-state index is 14.3. The molecular formula is C23H23F4N5O3S2. The fourth-order valence-electron chi connectivity index (χ4n) is 4.16. The lowest BCUT2D eigenvalue weighted by Gasteiger charge is -2.27. The third-order valence-corrected chi connectivity index (χ3v) is 7.86. The van der Waals surface area contributed by atoms with Gasteiger partial charge in [-0.05, 0) is 23.6 Å². The number of hydrogen-bond acceptors (Lipinski definition) is 8. The monoisotopic (exact) mass is 557 g/mol. The molecule has 0 aliphatic carbocycles. The molecule has 8 nitrogen and oxygen atoms in total. The van der Waals surface area contributed by atoms with Crippen LogP contribution in [0.1, 0.15) is 47.4 Å². The lowest BCUT2D eigenvalue weighted by molar-refractivity contribution is -0.145. The van der Waals surface area contributed by atoms with E-state index in [-0.39, 0.29) is 28.8 Å². The highest BCUT2D eigenvalue weighted by molar-refractivity contribution is 7.90. The van der Waals surface area contributed by atoms with Gasteiger partial charge in [-0.1, -0.05) is 19.9 Å². The molecule has 0 bridgehead atoms. The van der Waals surface area contributed by atoms with Gasteiger partial charge in [0.2, 0.25) is 11.7 Å². The Bertz CT molecular complexity index is 1420. The Morgan fingerprint density at radius 2 is 1.92 bits per heavy atom. The first-order valence-corrected chi connectivity index (χ1v) is 13.8. The van der Waals surface area contributed by atoms with Gasteiger partial charge >= 0.3 is 6.18 Å². The quantitative estimate of drug-likeness (QED) is 0.430. The van der Waals surface area contributed by atoms with Crippen molar-refractivity contribution in [1.29, 1.82) is 0 Å². The predicted molar refractivity (Wildman–Crippen MR) is 128 cm³/mol. The van der Waals surface area contributed by atoms with Crippen molar-refractivity contribution in [3.05, 3.63) is 63.9 Å². The summed E-state index contributed by atoms with van der Waals surface area (Å²) in [6, 6.07) is 3.27. The highest BCUT2D eigenvalue weighted by Crippen LogP contribution is 2.43. The Morgan fingerprint density at radius 1 is 1.24 bits per heavy atom. The van der Waals surface area contributed by atoms with Gasteiger partial charge in [-0.15, -0.1) is 11.3 Å². The second kappa shape index (κ2) is 10.1. The highest BCUT2D eigenvalue weighted by atomic mass is 32.2. The Kier molecular flexibility index (Phi) is 7.36. The first-order valence-electron chi connectivity index (χ1n) is 11.1. The molecule has 1 atom stereocenters. The molecule has 0 fully saturated rings. The van der Waals surface area contributed by atoms with Crippen LogP contribution in [0.5, 0.6) is 0 Å². The third-order valence-electron chi connectivity index (χ3n) is 5.77. The van der Waals surface area contributed by atoms with Gasteiger partial charge in [0.15, 0.2) is 15.0 Å². The summed E-state index contributed by atoms with van der Waals surface area (Å²) in [4.78, 5) is 26.8. The van der Waals surface area contributed by atoms with E-state index in [1.54, 1.807) is 0 Å². The molecule has 1 amide bonds. The molecule has 3 heterocycles. The first kappa shape index (κ1) is 27.1. The summed E-state index contributed by atoms with van der Waals surface area (Å²) in [5.41, 5.74) is 1.36. The minimum atomic E-state index is -4.60. The van der Waals surface area contributed by atoms with E-state index in [2.05, 4.69) is 25.2 Å². The van der Waals surface area contributed by atoms with Gasteiger partial charge in [0.1, 0.15) is 5.82 Å². The number of halogens is 4. The minimum Gasteiger partial charge on any atom is -0.302 e. The zero-order valence-electron chi connectivity index (χ0n) is 20.0. The molecular weight excluding hydrogens is 534 g/mol. The van der Waals surface area contributed by atoms with Crippen molar-refractivity contribution < 1.29 is 30.8 Å². The number of anilines is 1. The van der Waals surface area contributed by atoms with Crippen LogP contribution in [-0.2, 0) is 40.3 Å². The normalized spacial score (nSPS) is 16.3. The van der Waals surface area contributed by atoms with Crippen LogP contribution < -0.4 is 5.32 Å². The molecule has 1 aromatic carbocycles. The van der Waals surface area contributed by atoms with E-state index in [0.29, 0.717) is 23.8 Å². The Hall–Kier alpha value is -2.97. The molecule has 0 saturated heterocycles. The van der Waals surface area contributed by atoms with E-state index >= 15 is 0 Å². The van der Waals surface area contributed by atoms with Gasteiger partial charge in [0.05, 0.1) is 23.1 Å². The highest BCUT2D eigenvalue weighted by Gasteiger charge is 2.37. The maximum atomic E-state index is 14.3. The van der Waals surface area contributed by atoms with E-state index < -0.39 is 33.6 Å². The molecule has 198 valence electrons. The standard InChI is InChI=1S/C23H23F4N5O3S2/c1-12(2)20-19-17(11-32(20)10-13-8-28-21(29-9-13)23(25,26)27)36-22(31-19)30-18(33)6-14-4-5-15(7-16(14)24)37(3,34)35/h4-5,7-9,12,20H,6,10-11H2,1-3H3,(H,30,31,33). The molecule has 0 spiro atoms. The van der Waals surface area contributed by atoms with E-state index in [1.165, 1.54) is 35.9 Å². The number of benzene rings is 1. The maximum Gasteiger partial charge on any atom is 0.451 e. The van der Waals surface area contributed by atoms with E-state index in [1.807, 2.05) is 13.8 Å². The van der Waals surface area contributed by atoms with E-state index in [4.69, 9.17) is 0 Å². The molecule has 14 heteroatoms. The van der Waals surface area contributed by atoms with Crippen LogP contribution in [-0.4, -0.2) is 40.4 Å². The fraction of sp³-hybridized carbons (Fsp3) is 0.391. The number of amides is 1. The number of fused-ring (bicyclic) bond motifs is 1. The zero-order valence-corrected chi connectivity index (χ0v) is 21.6. The smallest absolute Gasteiger partial charge is 0.302 e. The number of nitrogens with one attached hydrogen (secondary N) is 1. The van der Waals surface area contributed by atoms with Crippen LogP contribution in [0.15, 0.2) is 35.5 Å². The summed E-state index contributed by atoms with van der Waals surface area (Å²) < 4.78 is 75.7. The molecule has 1 unspecified atom stereocenters. The Labute approximate surface area is 214 Å². The molecule has 4 rings (SSSR count). The molecule has 1 aliphatic rings. The minimum absolute atomic E-state index is 0.0546. The number of nitrogens with zero attached hydrogens (tertiary/aromatic N) is 4. The number of aromatic nitrogens is 3. The van der Waals surface area contributed by atoms with Gasteiger partial charge in [-0.25, -0.2) is 27.8 Å². The zero-order chi connectivity index (χ0) is 27.1. The van der Waals surface area contributed by atoms with Gasteiger partial charge in [-0.3, -0.25) is 9.69 Å². The topological polar surface area (TPSA) is 105 Å². The molecule has 1 aliphatic heterocycles. The van der Waals surface area contributed by atoms with Gasteiger partial charge in [-0.2, -0.15) is 13.2 Å². The molecule has 3 aromatic rings. The van der Waals surface area contributed by atoms with Crippen LogP contribution >= 0.6 is 11.3 Å². The predicted octanol–water partition coefficient (Wildman–Crippen LogP) is 4.39. The summed E-state index contributed by atoms with van der Waals surface area (Å²) in [5, 5.41) is 3.03. The number of thiazole rings is 1. The van der Waals surface area contributed by atoms with Crippen molar-refractivity contribution in [2.45, 2.75) is 50.5 Å². The summed E-state index contributed by atoms with van der Waals surface area (Å²) in [7, 11) is -3.57. The average Bonchev–Trinajstić information content (AvgIpc) is 3.30. The van der Waals surface area contributed by atoms with Gasteiger partial charge in [0, 0.05) is 42.2 Å². The van der Waals surface area contributed by atoms with Crippen molar-refractivity contribution in [3.8, 4) is 0 Å². The van der Waals surface area contributed by atoms with Gasteiger partial charge in [0.25, 0.3) is 0 Å². The number of carbonyl (C=O) groups excluding carboxylic acids is 1. The van der Waals surface area contributed by atoms with E-state index in [0.717, 1.165) is 22.9 Å². The SMILES string of the molecule is CC(C)C1c2nc(NC(=O)Cc3ccc(S(C)(=O)=O)cc3F)sc2CN1Cc1cnc(C(F)(F)F)nc1. The summed E-state index contributed by atoms with van der Waals surface area (Å²) in [5.74, 6) is -2.36. The van der Waals surface area contributed by atoms with Crippen molar-refractivity contribution in [3.63, 3.8) is 0 Å². The Balaban J connectivity index is 1.44. The van der Waals surface area contributed by atoms with Gasteiger partial charge < -0.3 is 5.32 Å². The molecule has 1 N–H and O–H groups in total. The fourth-order valence-corrected chi connectivity index (χ4v) is 5.84. The summed E-state index contributed by atoms with van der Waals surface area (Å²) in [6.07, 6.45) is -1.60. The van der Waals surface area contributed by atoms with Crippen LogP contribution in [0.3, 0.4) is 0 Å². The lowest BCUT2D eigenvalue weighted by Crippen LogP contribution is -2.26. The average molecular weight is 558 g/mol. The number of carbonyl (C=O) groups is 1. The van der Waals surface area contributed by atoms with E-state index in [9.17, 15) is 30.8 Å². The van der Waals surface area contributed by atoms with Crippen molar-refractivity contribution in [1.82, 2.24) is 19.9 Å². The molecule has 0 saturated carbocycles. The molecule has 0 radical (unpaired) electrons. The lowest BCUT2D eigenvalue weighted by atomic mass is 10.0. The van der Waals surface area contributed by atoms with Crippen molar-refractivity contribution in [2.24, 2.45) is 5.92 Å². The summed E-state index contributed by atoms with van der Waals surface area (Å²) >= 11 is 1.27. The largest absolute Gasteiger partial charge is 0.451 e. The number of alkyl halides is 3. The van der Waals surface area contributed by atoms with Crippen LogP contribution in [0.2, 0.25) is 0 Å². The number of sulfone groups is 1. The number of rotatable bonds is 7. The molecule has 2 aromatic heterocycles. The van der Waals surface area contributed by atoms with Crippen molar-refractivity contribution in [2.75, 3.05) is 11.6 Å². The Morgan fingerprint density at radius 3 is 2.49 bits per heavy atom.